The van der Waals surface area contributed by atoms with Crippen LogP contribution >= 0.6 is 0 Å². The van der Waals surface area contributed by atoms with Gasteiger partial charge in [-0.15, -0.1) is 0 Å². The Kier molecular flexibility index (Phi) is 6.98. The van der Waals surface area contributed by atoms with Crippen LogP contribution in [-0.4, -0.2) is 54.6 Å². The zero-order chi connectivity index (χ0) is 19.1. The smallest absolute Gasteiger partial charge is 0.254 e. The molecule has 1 atom stereocenters. The fourth-order valence-electron chi connectivity index (χ4n) is 3.41. The lowest BCUT2D eigenvalue weighted by molar-refractivity contribution is 0.0228. The van der Waals surface area contributed by atoms with Gasteiger partial charge in [0.1, 0.15) is 0 Å². The van der Waals surface area contributed by atoms with Crippen LogP contribution in [0.3, 0.4) is 0 Å². The molecule has 1 saturated heterocycles. The minimum Gasteiger partial charge on any atom is -0.379 e. The highest BCUT2D eigenvalue weighted by atomic mass is 16.5. The predicted molar refractivity (Wildman–Crippen MR) is 107 cm³/mol. The highest BCUT2D eigenvalue weighted by Crippen LogP contribution is 2.16. The SMILES string of the molecule is CC(CN1CCOCC1)N(Cc1ccccc1)C(=O)c1ccc(CN)cc1. The van der Waals surface area contributed by atoms with Gasteiger partial charge in [0.2, 0.25) is 0 Å². The van der Waals surface area contributed by atoms with Crippen molar-refractivity contribution in [2.75, 3.05) is 32.8 Å². The Hall–Kier alpha value is -2.21. The molecule has 5 nitrogen and oxygen atoms in total. The predicted octanol–water partition coefficient (Wildman–Crippen LogP) is 2.51. The second kappa shape index (κ2) is 9.65. The normalized spacial score (nSPS) is 16.1. The summed E-state index contributed by atoms with van der Waals surface area (Å²) in [5, 5.41) is 0. The number of carbonyl (C=O) groups is 1. The molecule has 1 aliphatic heterocycles. The van der Waals surface area contributed by atoms with Crippen molar-refractivity contribution in [3.63, 3.8) is 0 Å². The zero-order valence-corrected chi connectivity index (χ0v) is 16.0. The van der Waals surface area contributed by atoms with Crippen LogP contribution in [0.5, 0.6) is 0 Å². The van der Waals surface area contributed by atoms with Crippen LogP contribution < -0.4 is 5.73 Å². The molecule has 5 heteroatoms. The number of amides is 1. The van der Waals surface area contributed by atoms with Crippen LogP contribution in [0.2, 0.25) is 0 Å². The van der Waals surface area contributed by atoms with Crippen LogP contribution in [0, 0.1) is 0 Å². The monoisotopic (exact) mass is 367 g/mol. The van der Waals surface area contributed by atoms with Crippen LogP contribution in [0.25, 0.3) is 0 Å². The van der Waals surface area contributed by atoms with E-state index < -0.39 is 0 Å². The van der Waals surface area contributed by atoms with Gasteiger partial charge in [0, 0.05) is 44.3 Å². The zero-order valence-electron chi connectivity index (χ0n) is 16.0. The topological polar surface area (TPSA) is 58.8 Å². The molecule has 1 amide bonds. The lowest BCUT2D eigenvalue weighted by Gasteiger charge is -2.35. The number of benzene rings is 2. The van der Waals surface area contributed by atoms with Crippen molar-refractivity contribution in [2.45, 2.75) is 26.1 Å². The van der Waals surface area contributed by atoms with Crippen molar-refractivity contribution in [3.05, 3.63) is 71.3 Å². The summed E-state index contributed by atoms with van der Waals surface area (Å²) in [6, 6.07) is 17.9. The van der Waals surface area contributed by atoms with Crippen LogP contribution in [0.15, 0.2) is 54.6 Å². The van der Waals surface area contributed by atoms with Gasteiger partial charge < -0.3 is 15.4 Å². The van der Waals surface area contributed by atoms with E-state index in [4.69, 9.17) is 10.5 Å². The van der Waals surface area contributed by atoms with Crippen molar-refractivity contribution in [1.82, 2.24) is 9.80 Å². The molecule has 3 rings (SSSR count). The molecular formula is C22H29N3O2. The average Bonchev–Trinajstić information content (AvgIpc) is 2.73. The molecule has 27 heavy (non-hydrogen) atoms. The van der Waals surface area contributed by atoms with Gasteiger partial charge in [-0.25, -0.2) is 0 Å². The maximum Gasteiger partial charge on any atom is 0.254 e. The Bertz CT molecular complexity index is 712. The van der Waals surface area contributed by atoms with Crippen molar-refractivity contribution in [2.24, 2.45) is 5.73 Å². The van der Waals surface area contributed by atoms with E-state index in [2.05, 4.69) is 24.0 Å². The molecule has 2 N–H and O–H groups in total. The van der Waals surface area contributed by atoms with Gasteiger partial charge in [0.05, 0.1) is 13.2 Å². The third-order valence-electron chi connectivity index (χ3n) is 5.05. The number of nitrogens with two attached hydrogens (primary N) is 1. The molecule has 144 valence electrons. The molecule has 2 aromatic carbocycles. The molecule has 1 aliphatic rings. The quantitative estimate of drug-likeness (QED) is 0.817. The Morgan fingerprint density at radius 1 is 1.07 bits per heavy atom. The minimum atomic E-state index is 0.0585. The van der Waals surface area contributed by atoms with Crippen molar-refractivity contribution >= 4 is 5.91 Å². The molecule has 2 aromatic rings. The average molecular weight is 367 g/mol. The molecule has 1 heterocycles. The number of nitrogens with zero attached hydrogens (tertiary/aromatic N) is 2. The van der Waals surface area contributed by atoms with E-state index in [0.29, 0.717) is 18.7 Å². The van der Waals surface area contributed by atoms with Crippen LogP contribution in [0.4, 0.5) is 0 Å². The summed E-state index contributed by atoms with van der Waals surface area (Å²) in [4.78, 5) is 17.6. The first kappa shape index (κ1) is 19.5. The maximum atomic E-state index is 13.3. The molecule has 1 unspecified atom stereocenters. The van der Waals surface area contributed by atoms with E-state index in [0.717, 1.165) is 44.0 Å². The lowest BCUT2D eigenvalue weighted by Crippen LogP contribution is -2.48. The number of carbonyl (C=O) groups excluding carboxylic acids is 1. The summed E-state index contributed by atoms with van der Waals surface area (Å²) in [6.07, 6.45) is 0. The highest BCUT2D eigenvalue weighted by molar-refractivity contribution is 5.94. The Morgan fingerprint density at radius 3 is 2.37 bits per heavy atom. The van der Waals surface area contributed by atoms with E-state index in [1.807, 2.05) is 47.4 Å². The standard InChI is InChI=1S/C22H29N3O2/c1-18(16-24-11-13-27-14-12-24)25(17-20-5-3-2-4-6-20)22(26)21-9-7-19(15-23)8-10-21/h2-10,18H,11-17,23H2,1H3. The van der Waals surface area contributed by atoms with E-state index >= 15 is 0 Å². The molecule has 0 spiro atoms. The third kappa shape index (κ3) is 5.39. The minimum absolute atomic E-state index is 0.0585. The van der Waals surface area contributed by atoms with Gasteiger partial charge >= 0.3 is 0 Å². The van der Waals surface area contributed by atoms with Crippen LogP contribution in [0.1, 0.15) is 28.4 Å². The Labute approximate surface area is 161 Å². The van der Waals surface area contributed by atoms with Gasteiger partial charge in [-0.1, -0.05) is 42.5 Å². The van der Waals surface area contributed by atoms with Gasteiger partial charge in [-0.2, -0.15) is 0 Å². The third-order valence-corrected chi connectivity index (χ3v) is 5.05. The van der Waals surface area contributed by atoms with E-state index in [1.165, 1.54) is 0 Å². The Morgan fingerprint density at radius 2 is 1.74 bits per heavy atom. The first-order chi connectivity index (χ1) is 13.2. The second-order valence-electron chi connectivity index (χ2n) is 7.08. The molecule has 1 fully saturated rings. The molecule has 0 aliphatic carbocycles. The van der Waals surface area contributed by atoms with Gasteiger partial charge in [0.25, 0.3) is 5.91 Å². The van der Waals surface area contributed by atoms with Gasteiger partial charge in [-0.05, 0) is 30.2 Å². The Balaban J connectivity index is 1.77. The fourth-order valence-corrected chi connectivity index (χ4v) is 3.41. The van der Waals surface area contributed by atoms with Crippen molar-refractivity contribution in [1.29, 1.82) is 0 Å². The van der Waals surface area contributed by atoms with Crippen molar-refractivity contribution in [3.8, 4) is 0 Å². The molecular weight excluding hydrogens is 338 g/mol. The number of rotatable bonds is 7. The first-order valence-electron chi connectivity index (χ1n) is 9.61. The second-order valence-corrected chi connectivity index (χ2v) is 7.08. The number of ether oxygens (including phenoxy) is 1. The lowest BCUT2D eigenvalue weighted by atomic mass is 10.1. The van der Waals surface area contributed by atoms with E-state index in [-0.39, 0.29) is 11.9 Å². The molecule has 0 bridgehead atoms. The summed E-state index contributed by atoms with van der Waals surface area (Å²) >= 11 is 0. The van der Waals surface area contributed by atoms with Gasteiger partial charge in [-0.3, -0.25) is 9.69 Å². The molecule has 0 aromatic heterocycles. The first-order valence-corrected chi connectivity index (χ1v) is 9.61. The maximum absolute atomic E-state index is 13.3. The summed E-state index contributed by atoms with van der Waals surface area (Å²) < 4.78 is 5.44. The highest BCUT2D eigenvalue weighted by Gasteiger charge is 2.24. The van der Waals surface area contributed by atoms with E-state index in [9.17, 15) is 4.79 Å². The van der Waals surface area contributed by atoms with Gasteiger partial charge in [0.15, 0.2) is 0 Å². The van der Waals surface area contributed by atoms with Crippen LogP contribution in [-0.2, 0) is 17.8 Å². The summed E-state index contributed by atoms with van der Waals surface area (Å²) in [5.41, 5.74) is 8.55. The number of hydrogen-bond donors (Lipinski definition) is 1. The fraction of sp³-hybridized carbons (Fsp3) is 0.409. The number of morpholine rings is 1. The molecule has 0 saturated carbocycles. The molecule has 0 radical (unpaired) electrons. The van der Waals surface area contributed by atoms with E-state index in [1.54, 1.807) is 0 Å². The summed E-state index contributed by atoms with van der Waals surface area (Å²) in [5.74, 6) is 0.0585. The summed E-state index contributed by atoms with van der Waals surface area (Å²) in [7, 11) is 0. The van der Waals surface area contributed by atoms with Crippen molar-refractivity contribution < 1.29 is 9.53 Å². The summed E-state index contributed by atoms with van der Waals surface area (Å²) in [6.45, 7) is 7.43. The largest absolute Gasteiger partial charge is 0.379 e. The number of hydrogen-bond acceptors (Lipinski definition) is 4.